The Morgan fingerprint density at radius 1 is 1.36 bits per heavy atom. The van der Waals surface area contributed by atoms with Crippen LogP contribution in [0.15, 0.2) is 0 Å². The average Bonchev–Trinajstić information content (AvgIpc) is 2.57. The summed E-state index contributed by atoms with van der Waals surface area (Å²) in [5.74, 6) is -0.764. The van der Waals surface area contributed by atoms with Gasteiger partial charge in [-0.15, -0.1) is 0 Å². The molecule has 0 radical (unpaired) electrons. The minimum absolute atomic E-state index is 0.0637. The molecule has 1 saturated heterocycles. The second-order valence-corrected chi connectivity index (χ2v) is 3.45. The second-order valence-electron chi connectivity index (χ2n) is 3.45. The summed E-state index contributed by atoms with van der Waals surface area (Å²) in [4.78, 5) is 12.4. The Kier molecular flexibility index (Phi) is 4.31. The van der Waals surface area contributed by atoms with Crippen LogP contribution in [0, 0.1) is 0 Å². The molecule has 0 amide bonds. The lowest BCUT2D eigenvalue weighted by atomic mass is 10.3. The van der Waals surface area contributed by atoms with Gasteiger partial charge in [0.2, 0.25) is 0 Å². The molecule has 0 aromatic heterocycles. The van der Waals surface area contributed by atoms with Crippen LogP contribution in [-0.4, -0.2) is 62.0 Å². The highest BCUT2D eigenvalue weighted by Gasteiger charge is 2.32. The van der Waals surface area contributed by atoms with Crippen LogP contribution < -0.4 is 0 Å². The Balaban J connectivity index is 2.33. The van der Waals surface area contributed by atoms with Gasteiger partial charge in [-0.05, 0) is 0 Å². The largest absolute Gasteiger partial charge is 0.481 e. The molecule has 0 spiro atoms. The molecule has 0 aromatic rings. The van der Waals surface area contributed by atoms with Gasteiger partial charge < -0.3 is 14.6 Å². The fraction of sp³-hybridized carbons (Fsp3) is 0.889. The summed E-state index contributed by atoms with van der Waals surface area (Å²) in [5.41, 5.74) is 0. The maximum atomic E-state index is 10.4. The van der Waals surface area contributed by atoms with Crippen molar-refractivity contribution in [1.82, 2.24) is 4.90 Å². The summed E-state index contributed by atoms with van der Waals surface area (Å²) in [6, 6.07) is 0. The van der Waals surface area contributed by atoms with Crippen LogP contribution in [-0.2, 0) is 14.3 Å². The lowest BCUT2D eigenvalue weighted by molar-refractivity contribution is -0.137. The van der Waals surface area contributed by atoms with Gasteiger partial charge in [-0.25, -0.2) is 0 Å². The number of hydrogen-bond donors (Lipinski definition) is 1. The first-order chi connectivity index (χ1) is 6.67. The molecule has 1 aliphatic heterocycles. The zero-order chi connectivity index (χ0) is 10.6. The molecule has 2 atom stereocenters. The Hall–Kier alpha value is -0.650. The topological polar surface area (TPSA) is 59.0 Å². The van der Waals surface area contributed by atoms with E-state index in [0.29, 0.717) is 6.54 Å². The van der Waals surface area contributed by atoms with Crippen LogP contribution in [0.2, 0.25) is 0 Å². The quantitative estimate of drug-likeness (QED) is 0.671. The number of rotatable bonds is 5. The molecule has 1 fully saturated rings. The minimum Gasteiger partial charge on any atom is -0.481 e. The molecule has 0 bridgehead atoms. The van der Waals surface area contributed by atoms with Gasteiger partial charge in [0, 0.05) is 33.9 Å². The average molecular weight is 203 g/mol. The molecular weight excluding hydrogens is 186 g/mol. The van der Waals surface area contributed by atoms with Crippen LogP contribution in [0.25, 0.3) is 0 Å². The van der Waals surface area contributed by atoms with Crippen molar-refractivity contribution in [1.29, 1.82) is 0 Å². The summed E-state index contributed by atoms with van der Waals surface area (Å²) >= 11 is 0. The third-order valence-electron chi connectivity index (χ3n) is 2.54. The van der Waals surface area contributed by atoms with E-state index in [9.17, 15) is 4.79 Å². The third-order valence-corrected chi connectivity index (χ3v) is 2.54. The molecule has 5 heteroatoms. The highest BCUT2D eigenvalue weighted by Crippen LogP contribution is 2.15. The van der Waals surface area contributed by atoms with E-state index in [1.54, 1.807) is 14.2 Å². The zero-order valence-corrected chi connectivity index (χ0v) is 8.60. The first-order valence-electron chi connectivity index (χ1n) is 4.67. The molecule has 1 N–H and O–H groups in total. The lowest BCUT2D eigenvalue weighted by Gasteiger charge is -2.13. The fourth-order valence-corrected chi connectivity index (χ4v) is 1.71. The zero-order valence-electron chi connectivity index (χ0n) is 8.60. The highest BCUT2D eigenvalue weighted by atomic mass is 16.5. The third kappa shape index (κ3) is 2.94. The molecule has 0 unspecified atom stereocenters. The van der Waals surface area contributed by atoms with Gasteiger partial charge >= 0.3 is 5.97 Å². The summed E-state index contributed by atoms with van der Waals surface area (Å²) in [6.45, 7) is 2.07. The van der Waals surface area contributed by atoms with Gasteiger partial charge in [0.05, 0.1) is 18.6 Å². The predicted molar refractivity (Wildman–Crippen MR) is 50.3 cm³/mol. The van der Waals surface area contributed by atoms with Crippen molar-refractivity contribution in [2.45, 2.75) is 18.6 Å². The van der Waals surface area contributed by atoms with Gasteiger partial charge in [0.15, 0.2) is 0 Å². The number of methoxy groups -OCH3 is 2. The first kappa shape index (κ1) is 11.4. The van der Waals surface area contributed by atoms with Crippen molar-refractivity contribution >= 4 is 5.97 Å². The number of carbonyl (C=O) groups is 1. The van der Waals surface area contributed by atoms with E-state index >= 15 is 0 Å². The van der Waals surface area contributed by atoms with E-state index < -0.39 is 5.97 Å². The number of aliphatic carboxylic acids is 1. The highest BCUT2D eigenvalue weighted by molar-refractivity contribution is 5.66. The number of carboxylic acid groups (broad SMARTS) is 1. The van der Waals surface area contributed by atoms with Crippen LogP contribution >= 0.6 is 0 Å². The van der Waals surface area contributed by atoms with E-state index in [1.165, 1.54) is 0 Å². The van der Waals surface area contributed by atoms with Gasteiger partial charge in [0.25, 0.3) is 0 Å². The van der Waals surface area contributed by atoms with E-state index in [4.69, 9.17) is 14.6 Å². The SMILES string of the molecule is CO[C@@H]1CN(CCC(=O)O)C[C@H]1OC. The number of hydrogen-bond acceptors (Lipinski definition) is 4. The molecule has 1 heterocycles. The number of nitrogens with zero attached hydrogens (tertiary/aromatic N) is 1. The Morgan fingerprint density at radius 2 is 1.86 bits per heavy atom. The Bertz CT molecular complexity index is 185. The van der Waals surface area contributed by atoms with E-state index in [2.05, 4.69) is 4.90 Å². The molecule has 1 rings (SSSR count). The van der Waals surface area contributed by atoms with Gasteiger partial charge in [-0.1, -0.05) is 0 Å². The van der Waals surface area contributed by atoms with Gasteiger partial charge in [-0.2, -0.15) is 0 Å². The molecule has 0 saturated carbocycles. The summed E-state index contributed by atoms with van der Waals surface area (Å²) < 4.78 is 10.5. The van der Waals surface area contributed by atoms with Crippen molar-refractivity contribution in [2.24, 2.45) is 0 Å². The smallest absolute Gasteiger partial charge is 0.304 e. The van der Waals surface area contributed by atoms with Crippen molar-refractivity contribution in [3.8, 4) is 0 Å². The fourth-order valence-electron chi connectivity index (χ4n) is 1.71. The molecular formula is C9H17NO4. The molecule has 0 aliphatic carbocycles. The molecule has 14 heavy (non-hydrogen) atoms. The van der Waals surface area contributed by atoms with Crippen molar-refractivity contribution in [3.05, 3.63) is 0 Å². The van der Waals surface area contributed by atoms with E-state index in [0.717, 1.165) is 13.1 Å². The Morgan fingerprint density at radius 3 is 2.21 bits per heavy atom. The summed E-state index contributed by atoms with van der Waals surface area (Å²) in [7, 11) is 3.30. The summed E-state index contributed by atoms with van der Waals surface area (Å²) in [5, 5.41) is 8.53. The standard InChI is InChI=1S/C9H17NO4/c1-13-7-5-10(4-3-9(11)12)6-8(7)14-2/h7-8H,3-6H2,1-2H3,(H,11,12)/t7-,8-/m1/s1. The minimum atomic E-state index is -0.764. The molecule has 82 valence electrons. The predicted octanol–water partition coefficient (Wildman–Crippen LogP) is -0.193. The summed E-state index contributed by atoms with van der Waals surface area (Å²) in [6.07, 6.45) is 0.301. The maximum Gasteiger partial charge on any atom is 0.304 e. The van der Waals surface area contributed by atoms with Crippen molar-refractivity contribution in [3.63, 3.8) is 0 Å². The van der Waals surface area contributed by atoms with E-state index in [-0.39, 0.29) is 18.6 Å². The van der Waals surface area contributed by atoms with Crippen LogP contribution in [0.3, 0.4) is 0 Å². The van der Waals surface area contributed by atoms with Crippen LogP contribution in [0.5, 0.6) is 0 Å². The van der Waals surface area contributed by atoms with Crippen LogP contribution in [0.1, 0.15) is 6.42 Å². The molecule has 5 nitrogen and oxygen atoms in total. The second kappa shape index (κ2) is 5.29. The molecule has 0 aromatic carbocycles. The Labute approximate surface area is 83.6 Å². The number of ether oxygens (including phenoxy) is 2. The number of carboxylic acids is 1. The van der Waals surface area contributed by atoms with Gasteiger partial charge in [0.1, 0.15) is 0 Å². The normalized spacial score (nSPS) is 28.1. The van der Waals surface area contributed by atoms with Crippen molar-refractivity contribution < 1.29 is 19.4 Å². The van der Waals surface area contributed by atoms with Gasteiger partial charge in [-0.3, -0.25) is 9.69 Å². The lowest BCUT2D eigenvalue weighted by Crippen LogP contribution is -2.27. The number of likely N-dealkylation sites (tertiary alicyclic amines) is 1. The van der Waals surface area contributed by atoms with Crippen LogP contribution in [0.4, 0.5) is 0 Å². The maximum absolute atomic E-state index is 10.4. The monoisotopic (exact) mass is 203 g/mol. The van der Waals surface area contributed by atoms with E-state index in [1.807, 2.05) is 0 Å². The van der Waals surface area contributed by atoms with Crippen molar-refractivity contribution in [2.75, 3.05) is 33.9 Å². The molecule has 1 aliphatic rings. The first-order valence-corrected chi connectivity index (χ1v) is 4.67.